The van der Waals surface area contributed by atoms with Gasteiger partial charge in [-0.15, -0.1) is 11.3 Å². The molecule has 0 bridgehead atoms. The van der Waals surface area contributed by atoms with Crippen LogP contribution in [0.15, 0.2) is 24.3 Å². The predicted molar refractivity (Wildman–Crippen MR) is 81.1 cm³/mol. The summed E-state index contributed by atoms with van der Waals surface area (Å²) in [6.07, 6.45) is 0.836. The molecule has 7 heteroatoms. The Balaban J connectivity index is 2.07. The first-order valence-corrected chi connectivity index (χ1v) is 6.99. The molecule has 0 saturated heterocycles. The van der Waals surface area contributed by atoms with Gasteiger partial charge in [0, 0.05) is 22.2 Å². The number of nitro groups is 1. The molecule has 6 nitrogen and oxygen atoms in total. The van der Waals surface area contributed by atoms with Crippen molar-refractivity contribution in [3.8, 4) is 0 Å². The van der Waals surface area contributed by atoms with Crippen molar-refractivity contribution in [2.24, 2.45) is 0 Å². The molecule has 2 aromatic heterocycles. The lowest BCUT2D eigenvalue weighted by atomic mass is 10.2. The second-order valence-electron chi connectivity index (χ2n) is 4.65. The SMILES string of the molecule is Cc1ccc(CC(C)Nc2cc([N+](=O)[O-])cc(N)n2)s1. The molecular formula is C13H16N4O2S. The maximum atomic E-state index is 10.8. The van der Waals surface area contributed by atoms with Gasteiger partial charge in [0.25, 0.3) is 5.69 Å². The number of nitrogen functional groups attached to an aromatic ring is 1. The zero-order valence-electron chi connectivity index (χ0n) is 11.3. The van der Waals surface area contributed by atoms with Crippen LogP contribution < -0.4 is 11.1 Å². The van der Waals surface area contributed by atoms with Crippen molar-refractivity contribution in [1.29, 1.82) is 0 Å². The Morgan fingerprint density at radius 2 is 2.25 bits per heavy atom. The topological polar surface area (TPSA) is 94.1 Å². The zero-order valence-corrected chi connectivity index (χ0v) is 12.1. The fourth-order valence-electron chi connectivity index (χ4n) is 1.92. The highest BCUT2D eigenvalue weighted by atomic mass is 32.1. The fraction of sp³-hybridized carbons (Fsp3) is 0.308. The van der Waals surface area contributed by atoms with Gasteiger partial charge in [0.2, 0.25) is 0 Å². The Morgan fingerprint density at radius 1 is 1.50 bits per heavy atom. The number of nitrogens with one attached hydrogen (secondary N) is 1. The number of pyridine rings is 1. The molecule has 0 fully saturated rings. The molecule has 2 rings (SSSR count). The van der Waals surface area contributed by atoms with Crippen LogP contribution in [0.25, 0.3) is 0 Å². The molecule has 0 saturated carbocycles. The van der Waals surface area contributed by atoms with E-state index >= 15 is 0 Å². The van der Waals surface area contributed by atoms with Crippen molar-refractivity contribution in [1.82, 2.24) is 4.98 Å². The lowest BCUT2D eigenvalue weighted by Crippen LogP contribution is -2.18. The number of rotatable bonds is 5. The van der Waals surface area contributed by atoms with Crippen LogP contribution in [-0.4, -0.2) is 15.9 Å². The molecule has 0 aromatic carbocycles. The van der Waals surface area contributed by atoms with E-state index in [0.717, 1.165) is 6.42 Å². The second-order valence-corrected chi connectivity index (χ2v) is 6.03. The van der Waals surface area contributed by atoms with Gasteiger partial charge < -0.3 is 11.1 Å². The highest BCUT2D eigenvalue weighted by molar-refractivity contribution is 7.11. The van der Waals surface area contributed by atoms with Gasteiger partial charge >= 0.3 is 0 Å². The van der Waals surface area contributed by atoms with Crippen molar-refractivity contribution in [3.63, 3.8) is 0 Å². The normalized spacial score (nSPS) is 12.1. The highest BCUT2D eigenvalue weighted by Crippen LogP contribution is 2.21. The number of thiophene rings is 1. The summed E-state index contributed by atoms with van der Waals surface area (Å²) in [7, 11) is 0. The first-order chi connectivity index (χ1) is 9.44. The minimum absolute atomic E-state index is 0.0563. The second kappa shape index (κ2) is 5.87. The van der Waals surface area contributed by atoms with Crippen LogP contribution in [0, 0.1) is 17.0 Å². The molecule has 0 amide bonds. The quantitative estimate of drug-likeness (QED) is 0.652. The molecule has 1 atom stereocenters. The van der Waals surface area contributed by atoms with Crippen LogP contribution in [0.1, 0.15) is 16.7 Å². The monoisotopic (exact) mass is 292 g/mol. The van der Waals surface area contributed by atoms with E-state index in [4.69, 9.17) is 5.73 Å². The third-order valence-electron chi connectivity index (χ3n) is 2.74. The van der Waals surface area contributed by atoms with E-state index in [9.17, 15) is 10.1 Å². The van der Waals surface area contributed by atoms with Gasteiger partial charge in [0.05, 0.1) is 17.1 Å². The molecule has 20 heavy (non-hydrogen) atoms. The number of nitrogens with zero attached hydrogens (tertiary/aromatic N) is 2. The van der Waals surface area contributed by atoms with E-state index < -0.39 is 4.92 Å². The van der Waals surface area contributed by atoms with Crippen LogP contribution in [-0.2, 0) is 6.42 Å². The van der Waals surface area contributed by atoms with E-state index in [1.807, 2.05) is 6.92 Å². The van der Waals surface area contributed by atoms with Crippen LogP contribution in [0.4, 0.5) is 17.3 Å². The largest absolute Gasteiger partial charge is 0.383 e. The Morgan fingerprint density at radius 3 is 2.85 bits per heavy atom. The first kappa shape index (κ1) is 14.3. The molecule has 2 aromatic rings. The molecule has 0 spiro atoms. The third kappa shape index (κ3) is 3.67. The van der Waals surface area contributed by atoms with Crippen LogP contribution in [0.2, 0.25) is 0 Å². The zero-order chi connectivity index (χ0) is 14.7. The number of hydrogen-bond acceptors (Lipinski definition) is 6. The van der Waals surface area contributed by atoms with Crippen LogP contribution in [0.3, 0.4) is 0 Å². The molecule has 0 aliphatic carbocycles. The lowest BCUT2D eigenvalue weighted by molar-refractivity contribution is -0.384. The maximum Gasteiger partial charge on any atom is 0.276 e. The Bertz CT molecular complexity index is 627. The minimum Gasteiger partial charge on any atom is -0.383 e. The van der Waals surface area contributed by atoms with Crippen LogP contribution in [0.5, 0.6) is 0 Å². The molecule has 0 aliphatic rings. The van der Waals surface area contributed by atoms with Crippen molar-refractivity contribution >= 4 is 28.7 Å². The molecule has 106 valence electrons. The summed E-state index contributed by atoms with van der Waals surface area (Å²) in [4.78, 5) is 16.9. The molecule has 0 radical (unpaired) electrons. The Labute approximate surface area is 120 Å². The van der Waals surface area contributed by atoms with E-state index in [2.05, 4.69) is 29.4 Å². The van der Waals surface area contributed by atoms with E-state index in [-0.39, 0.29) is 17.5 Å². The summed E-state index contributed by atoms with van der Waals surface area (Å²) < 4.78 is 0. The summed E-state index contributed by atoms with van der Waals surface area (Å²) >= 11 is 1.74. The average molecular weight is 292 g/mol. The van der Waals surface area contributed by atoms with E-state index in [0.29, 0.717) is 5.82 Å². The first-order valence-electron chi connectivity index (χ1n) is 6.18. The molecule has 3 N–H and O–H groups in total. The average Bonchev–Trinajstić information content (AvgIpc) is 2.73. The standard InChI is InChI=1S/C13H16N4O2S/c1-8(5-11-4-3-9(2)20-11)15-13-7-10(17(18)19)6-12(14)16-13/h3-4,6-8H,5H2,1-2H3,(H3,14,15,16). The Kier molecular flexibility index (Phi) is 4.19. The summed E-state index contributed by atoms with van der Waals surface area (Å²) in [5, 5.41) is 13.9. The number of nitrogens with two attached hydrogens (primary N) is 1. The van der Waals surface area contributed by atoms with Crippen LogP contribution >= 0.6 is 11.3 Å². The number of aromatic nitrogens is 1. The lowest BCUT2D eigenvalue weighted by Gasteiger charge is -2.13. The van der Waals surface area contributed by atoms with E-state index in [1.165, 1.54) is 21.9 Å². The predicted octanol–water partition coefficient (Wildman–Crippen LogP) is 2.99. The number of hydrogen-bond donors (Lipinski definition) is 2. The van der Waals surface area contributed by atoms with Gasteiger partial charge in [-0.1, -0.05) is 0 Å². The smallest absolute Gasteiger partial charge is 0.276 e. The molecule has 1 unspecified atom stereocenters. The van der Waals surface area contributed by atoms with Gasteiger partial charge in [-0.2, -0.15) is 0 Å². The van der Waals surface area contributed by atoms with Crippen molar-refractivity contribution < 1.29 is 4.92 Å². The van der Waals surface area contributed by atoms with Crippen molar-refractivity contribution in [3.05, 3.63) is 44.1 Å². The third-order valence-corrected chi connectivity index (χ3v) is 3.76. The summed E-state index contributed by atoms with van der Waals surface area (Å²) in [5.74, 6) is 0.568. The van der Waals surface area contributed by atoms with Crippen molar-refractivity contribution in [2.75, 3.05) is 11.1 Å². The molecule has 0 aliphatic heterocycles. The molecular weight excluding hydrogens is 276 g/mol. The summed E-state index contributed by atoms with van der Waals surface area (Å²) in [5.41, 5.74) is 5.52. The Hall–Kier alpha value is -2.15. The minimum atomic E-state index is -0.476. The van der Waals surface area contributed by atoms with E-state index in [1.54, 1.807) is 11.3 Å². The number of aryl methyl sites for hydroxylation is 1. The van der Waals surface area contributed by atoms with Gasteiger partial charge in [-0.3, -0.25) is 10.1 Å². The number of anilines is 2. The fourth-order valence-corrected chi connectivity index (χ4v) is 2.94. The highest BCUT2D eigenvalue weighted by Gasteiger charge is 2.12. The molecule has 2 heterocycles. The summed E-state index contributed by atoms with van der Waals surface area (Å²) in [6.45, 7) is 4.07. The van der Waals surface area contributed by atoms with Crippen molar-refractivity contribution in [2.45, 2.75) is 26.3 Å². The maximum absolute atomic E-state index is 10.8. The van der Waals surface area contributed by atoms with Gasteiger partial charge in [0.1, 0.15) is 11.6 Å². The van der Waals surface area contributed by atoms with Gasteiger partial charge in [0.15, 0.2) is 0 Å². The van der Waals surface area contributed by atoms with Gasteiger partial charge in [-0.25, -0.2) is 4.98 Å². The van der Waals surface area contributed by atoms with Gasteiger partial charge in [-0.05, 0) is 26.0 Å². The summed E-state index contributed by atoms with van der Waals surface area (Å²) in [6, 6.07) is 6.93.